The van der Waals surface area contributed by atoms with Gasteiger partial charge in [0.05, 0.1) is 6.10 Å². The highest BCUT2D eigenvalue weighted by atomic mass is 28.4. The van der Waals surface area contributed by atoms with Crippen molar-refractivity contribution in [2.45, 2.75) is 153 Å². The molecule has 5 atom stereocenters. The van der Waals surface area contributed by atoms with Gasteiger partial charge in [0.2, 0.25) is 20.1 Å². The molecule has 2 heterocycles. The van der Waals surface area contributed by atoms with Crippen molar-refractivity contribution in [2.75, 3.05) is 6.54 Å². The fraction of sp³-hybridized carbons (Fsp3) is 0.812. The SMILES string of the molecule is CC(C)[Si](O[C@@H]1C[C@H]2C(=O)N[C@]3(C(=O)O)C[C@H]3C=CCCCCC[C@H](NC(=O)OC(C)(C)C)C(=O)N2C1)(C(C)C)C(C)C. The Labute approximate surface area is 258 Å². The number of alkyl carbamates (subject to hydrolysis) is 1. The molecule has 1 aliphatic carbocycles. The zero-order chi connectivity index (χ0) is 32.3. The van der Waals surface area contributed by atoms with Crippen molar-refractivity contribution in [3.63, 3.8) is 0 Å². The van der Waals surface area contributed by atoms with E-state index in [1.165, 1.54) is 4.90 Å². The van der Waals surface area contributed by atoms with Gasteiger partial charge in [-0.05, 0) is 63.1 Å². The minimum atomic E-state index is -2.35. The number of carboxylic acid groups (broad SMARTS) is 1. The Bertz CT molecular complexity index is 1050. The Morgan fingerprint density at radius 2 is 1.70 bits per heavy atom. The topological polar surface area (TPSA) is 134 Å². The number of allylic oxidation sites excluding steroid dienone is 1. The number of carboxylic acids is 1. The van der Waals surface area contributed by atoms with Crippen LogP contribution in [0.25, 0.3) is 0 Å². The van der Waals surface area contributed by atoms with Crippen molar-refractivity contribution in [1.29, 1.82) is 0 Å². The maximum atomic E-state index is 14.2. The molecule has 3 rings (SSSR count). The second kappa shape index (κ2) is 13.7. The van der Waals surface area contributed by atoms with E-state index >= 15 is 0 Å². The molecular weight excluding hydrogens is 566 g/mol. The van der Waals surface area contributed by atoms with Crippen LogP contribution in [0.15, 0.2) is 12.2 Å². The number of carbonyl (C=O) groups excluding carboxylic acids is 3. The van der Waals surface area contributed by atoms with Crippen LogP contribution in [-0.4, -0.2) is 78.1 Å². The van der Waals surface area contributed by atoms with E-state index < -0.39 is 49.5 Å². The van der Waals surface area contributed by atoms with Gasteiger partial charge in [0.15, 0.2) is 0 Å². The standard InChI is InChI=1S/C32H55N3O7Si/c1-20(2)43(21(3)4,22(5)6)42-24-17-26-27(36)34-32(29(38)39)18-23(32)15-13-11-10-12-14-16-25(28(37)35(26)19-24)33-30(40)41-31(7,8)9/h13,15,20-26H,10-12,14,16-19H2,1-9H3,(H,33,40)(H,34,36)(H,38,39)/t23-,24-,25+,26+,32-/m1/s1. The molecule has 2 aliphatic heterocycles. The molecule has 3 aliphatic rings. The number of rotatable bonds is 7. The summed E-state index contributed by atoms with van der Waals surface area (Å²) < 4.78 is 12.5. The van der Waals surface area contributed by atoms with E-state index in [4.69, 9.17) is 9.16 Å². The first-order chi connectivity index (χ1) is 19.9. The summed E-state index contributed by atoms with van der Waals surface area (Å²) >= 11 is 0. The Balaban J connectivity index is 1.98. The fourth-order valence-corrected chi connectivity index (χ4v) is 12.9. The normalized spacial score (nSPS) is 29.1. The molecule has 0 aromatic heterocycles. The lowest BCUT2D eigenvalue weighted by atomic mass is 10.0. The highest BCUT2D eigenvalue weighted by Crippen LogP contribution is 2.46. The second-order valence-corrected chi connectivity index (χ2v) is 20.0. The van der Waals surface area contributed by atoms with Gasteiger partial charge in [-0.15, -0.1) is 0 Å². The first-order valence-electron chi connectivity index (χ1n) is 16.1. The van der Waals surface area contributed by atoms with Gasteiger partial charge in [0.25, 0.3) is 0 Å². The van der Waals surface area contributed by atoms with Crippen LogP contribution >= 0.6 is 0 Å². The highest BCUT2D eigenvalue weighted by Gasteiger charge is 2.61. The zero-order valence-corrected chi connectivity index (χ0v) is 28.7. The molecule has 3 amide bonds. The smallest absolute Gasteiger partial charge is 0.408 e. The average molecular weight is 622 g/mol. The number of hydrogen-bond acceptors (Lipinski definition) is 6. The van der Waals surface area contributed by atoms with Crippen LogP contribution in [0.3, 0.4) is 0 Å². The summed E-state index contributed by atoms with van der Waals surface area (Å²) in [7, 11) is -2.35. The summed E-state index contributed by atoms with van der Waals surface area (Å²) in [6, 6.07) is -1.79. The van der Waals surface area contributed by atoms with Crippen molar-refractivity contribution >= 4 is 32.2 Å². The molecule has 0 aromatic rings. The summed E-state index contributed by atoms with van der Waals surface area (Å²) in [6.07, 6.45) is 7.02. The third kappa shape index (κ3) is 8.01. The molecule has 2 fully saturated rings. The lowest BCUT2D eigenvalue weighted by Crippen LogP contribution is -2.56. The second-order valence-electron chi connectivity index (χ2n) is 14.6. The Morgan fingerprint density at radius 1 is 1.07 bits per heavy atom. The Kier molecular flexibility index (Phi) is 11.2. The van der Waals surface area contributed by atoms with E-state index in [-0.39, 0.29) is 30.9 Å². The van der Waals surface area contributed by atoms with E-state index in [1.54, 1.807) is 20.8 Å². The van der Waals surface area contributed by atoms with E-state index in [0.29, 0.717) is 35.9 Å². The molecule has 11 heteroatoms. The number of carbonyl (C=O) groups is 4. The number of nitrogens with zero attached hydrogens (tertiary/aromatic N) is 1. The third-order valence-electron chi connectivity index (χ3n) is 9.39. The first kappa shape index (κ1) is 35.1. The number of hydrogen-bond donors (Lipinski definition) is 3. The van der Waals surface area contributed by atoms with Gasteiger partial charge in [-0.1, -0.05) is 66.5 Å². The van der Waals surface area contributed by atoms with Crippen LogP contribution in [0, 0.1) is 5.92 Å². The van der Waals surface area contributed by atoms with E-state index in [1.807, 2.05) is 12.2 Å². The predicted octanol–water partition coefficient (Wildman–Crippen LogP) is 5.52. The van der Waals surface area contributed by atoms with Gasteiger partial charge in [0, 0.05) is 18.9 Å². The number of aliphatic carboxylic acids is 1. The molecule has 0 aromatic carbocycles. The summed E-state index contributed by atoms with van der Waals surface area (Å²) in [5.74, 6) is -2.22. The molecule has 43 heavy (non-hydrogen) atoms. The Hall–Kier alpha value is -2.40. The molecule has 3 N–H and O–H groups in total. The largest absolute Gasteiger partial charge is 0.479 e. The van der Waals surface area contributed by atoms with Crippen LogP contribution in [0.5, 0.6) is 0 Å². The van der Waals surface area contributed by atoms with Crippen LogP contribution < -0.4 is 10.6 Å². The maximum Gasteiger partial charge on any atom is 0.408 e. The predicted molar refractivity (Wildman–Crippen MR) is 168 cm³/mol. The first-order valence-corrected chi connectivity index (χ1v) is 18.3. The molecule has 244 valence electrons. The summed E-state index contributed by atoms with van der Waals surface area (Å²) in [5.41, 5.74) is -1.18. The number of amides is 3. The van der Waals surface area contributed by atoms with Gasteiger partial charge in [-0.25, -0.2) is 9.59 Å². The van der Waals surface area contributed by atoms with Gasteiger partial charge in [0.1, 0.15) is 23.2 Å². The van der Waals surface area contributed by atoms with Crippen molar-refractivity contribution < 1.29 is 33.4 Å². The molecule has 0 unspecified atom stereocenters. The van der Waals surface area contributed by atoms with Crippen molar-refractivity contribution in [3.05, 3.63) is 12.2 Å². The zero-order valence-electron chi connectivity index (χ0n) is 27.7. The monoisotopic (exact) mass is 621 g/mol. The molecular formula is C32H55N3O7Si. The van der Waals surface area contributed by atoms with Crippen LogP contribution in [0.4, 0.5) is 4.79 Å². The van der Waals surface area contributed by atoms with Crippen LogP contribution in [-0.2, 0) is 23.5 Å². The summed E-state index contributed by atoms with van der Waals surface area (Å²) in [5, 5.41) is 15.7. The van der Waals surface area contributed by atoms with E-state index in [9.17, 15) is 24.3 Å². The van der Waals surface area contributed by atoms with Gasteiger partial charge in [-0.2, -0.15) is 0 Å². The lowest BCUT2D eigenvalue weighted by Gasteiger charge is -2.44. The lowest BCUT2D eigenvalue weighted by molar-refractivity contribution is -0.145. The number of ether oxygens (including phenoxy) is 1. The quantitative estimate of drug-likeness (QED) is 0.252. The van der Waals surface area contributed by atoms with Crippen molar-refractivity contribution in [2.24, 2.45) is 5.92 Å². The molecule has 0 radical (unpaired) electrons. The van der Waals surface area contributed by atoms with Crippen molar-refractivity contribution in [1.82, 2.24) is 15.5 Å². The van der Waals surface area contributed by atoms with Gasteiger partial charge in [-0.3, -0.25) is 9.59 Å². The van der Waals surface area contributed by atoms with Crippen LogP contribution in [0.2, 0.25) is 16.6 Å². The fourth-order valence-electron chi connectivity index (χ4n) is 7.29. The molecule has 1 saturated carbocycles. The third-order valence-corrected chi connectivity index (χ3v) is 15.5. The molecule has 10 nitrogen and oxygen atoms in total. The summed E-state index contributed by atoms with van der Waals surface area (Å²) in [6.45, 7) is 18.6. The van der Waals surface area contributed by atoms with E-state index in [0.717, 1.165) is 19.3 Å². The molecule has 1 saturated heterocycles. The van der Waals surface area contributed by atoms with Gasteiger partial charge >= 0.3 is 12.1 Å². The van der Waals surface area contributed by atoms with Gasteiger partial charge < -0.3 is 29.8 Å². The van der Waals surface area contributed by atoms with E-state index in [2.05, 4.69) is 52.2 Å². The average Bonchev–Trinajstić information content (AvgIpc) is 3.40. The minimum Gasteiger partial charge on any atom is -0.479 e. The Morgan fingerprint density at radius 3 is 2.26 bits per heavy atom. The van der Waals surface area contributed by atoms with Crippen molar-refractivity contribution in [3.8, 4) is 0 Å². The summed E-state index contributed by atoms with van der Waals surface area (Å²) in [4.78, 5) is 54.8. The van der Waals surface area contributed by atoms with Crippen LogP contribution in [0.1, 0.15) is 107 Å². The molecule has 0 bridgehead atoms. The number of nitrogens with one attached hydrogen (secondary N) is 2. The number of fused-ring (bicyclic) bond motifs is 2. The maximum absolute atomic E-state index is 14.2. The highest BCUT2D eigenvalue weighted by molar-refractivity contribution is 6.77. The molecule has 0 spiro atoms. The minimum absolute atomic E-state index is 0.202.